The molecule has 0 spiro atoms. The van der Waals surface area contributed by atoms with Crippen LogP contribution in [0.2, 0.25) is 0 Å². The van der Waals surface area contributed by atoms with E-state index in [0.29, 0.717) is 47.5 Å². The molecule has 2 N–H and O–H groups in total. The molecule has 0 aliphatic carbocycles. The Morgan fingerprint density at radius 1 is 1.03 bits per heavy atom. The zero-order valence-electron chi connectivity index (χ0n) is 19.9. The van der Waals surface area contributed by atoms with E-state index < -0.39 is 29.9 Å². The van der Waals surface area contributed by atoms with E-state index in [1.807, 2.05) is 31.2 Å². The van der Waals surface area contributed by atoms with Crippen molar-refractivity contribution in [3.05, 3.63) is 77.9 Å². The number of aryl methyl sites for hydroxylation is 1. The number of hydrogen-bond acceptors (Lipinski definition) is 6. The lowest BCUT2D eigenvalue weighted by molar-refractivity contribution is -0.133. The molecule has 9 heteroatoms. The fourth-order valence-corrected chi connectivity index (χ4v) is 4.12. The van der Waals surface area contributed by atoms with Crippen LogP contribution in [0.1, 0.15) is 18.1 Å². The van der Waals surface area contributed by atoms with Gasteiger partial charge in [0.2, 0.25) is 5.91 Å². The predicted molar refractivity (Wildman–Crippen MR) is 131 cm³/mol. The summed E-state index contributed by atoms with van der Waals surface area (Å²) >= 11 is 0. The molecule has 2 aliphatic heterocycles. The van der Waals surface area contributed by atoms with Gasteiger partial charge in [-0.15, -0.1) is 0 Å². The van der Waals surface area contributed by atoms with Gasteiger partial charge < -0.3 is 24.8 Å². The topological polar surface area (TPSA) is 106 Å². The summed E-state index contributed by atoms with van der Waals surface area (Å²) in [6.45, 7) is 3.97. The lowest BCUT2D eigenvalue weighted by Crippen LogP contribution is -2.42. The molecule has 0 saturated carbocycles. The number of anilines is 1. The second kappa shape index (κ2) is 9.26. The zero-order valence-corrected chi connectivity index (χ0v) is 19.9. The van der Waals surface area contributed by atoms with Gasteiger partial charge in [0.25, 0.3) is 5.91 Å². The monoisotopic (exact) mass is 487 g/mol. The number of fused-ring (bicyclic) bond motifs is 1. The maximum Gasteiger partial charge on any atom is 0.325 e. The van der Waals surface area contributed by atoms with E-state index in [1.165, 1.54) is 0 Å². The van der Waals surface area contributed by atoms with Gasteiger partial charge in [-0.2, -0.15) is 0 Å². The largest absolute Gasteiger partial charge is 0.486 e. The second-order valence-electron chi connectivity index (χ2n) is 8.76. The molecule has 184 valence electrons. The van der Waals surface area contributed by atoms with Crippen molar-refractivity contribution in [2.75, 3.05) is 25.1 Å². The van der Waals surface area contributed by atoms with E-state index >= 15 is 0 Å². The SMILES string of the molecule is Cc1ccc(Oc2ccccc2NC(=O)CN2C(=O)NC(C)(c3ccc4c(c3)OCCO4)C2=O)cc1. The van der Waals surface area contributed by atoms with Crippen molar-refractivity contribution in [3.63, 3.8) is 0 Å². The molecule has 0 radical (unpaired) electrons. The third-order valence-corrected chi connectivity index (χ3v) is 6.11. The number of amides is 4. The number of nitrogens with zero attached hydrogens (tertiary/aromatic N) is 1. The molecule has 2 heterocycles. The quantitative estimate of drug-likeness (QED) is 0.510. The minimum absolute atomic E-state index is 0.398. The zero-order chi connectivity index (χ0) is 25.3. The number of carbonyl (C=O) groups is 3. The maximum atomic E-state index is 13.3. The number of ether oxygens (including phenoxy) is 3. The summed E-state index contributed by atoms with van der Waals surface area (Å²) < 4.78 is 17.1. The van der Waals surface area contributed by atoms with E-state index in [-0.39, 0.29) is 0 Å². The summed E-state index contributed by atoms with van der Waals surface area (Å²) in [5.41, 5.74) is 0.704. The van der Waals surface area contributed by atoms with Gasteiger partial charge in [0, 0.05) is 0 Å². The fraction of sp³-hybridized carbons (Fsp3) is 0.222. The van der Waals surface area contributed by atoms with Crippen molar-refractivity contribution in [1.29, 1.82) is 0 Å². The molecule has 1 unspecified atom stereocenters. The van der Waals surface area contributed by atoms with Crippen molar-refractivity contribution in [2.45, 2.75) is 19.4 Å². The summed E-state index contributed by atoms with van der Waals surface area (Å²) in [6.07, 6.45) is 0. The highest BCUT2D eigenvalue weighted by Crippen LogP contribution is 2.37. The molecule has 0 aromatic heterocycles. The smallest absolute Gasteiger partial charge is 0.325 e. The highest BCUT2D eigenvalue weighted by Gasteiger charge is 2.49. The number of urea groups is 1. The van der Waals surface area contributed by atoms with Crippen LogP contribution >= 0.6 is 0 Å². The number of carbonyl (C=O) groups excluding carboxylic acids is 3. The van der Waals surface area contributed by atoms with E-state index in [1.54, 1.807) is 49.4 Å². The summed E-state index contributed by atoms with van der Waals surface area (Å²) in [4.78, 5) is 39.8. The molecule has 4 amide bonds. The van der Waals surface area contributed by atoms with Crippen LogP contribution in [-0.4, -0.2) is 42.5 Å². The molecule has 5 rings (SSSR count). The van der Waals surface area contributed by atoms with Gasteiger partial charge in [-0.05, 0) is 55.8 Å². The minimum atomic E-state index is -1.35. The Morgan fingerprint density at radius 3 is 2.53 bits per heavy atom. The number of benzene rings is 3. The van der Waals surface area contributed by atoms with Crippen molar-refractivity contribution in [3.8, 4) is 23.0 Å². The average molecular weight is 488 g/mol. The van der Waals surface area contributed by atoms with Crippen LogP contribution in [0.5, 0.6) is 23.0 Å². The van der Waals surface area contributed by atoms with Crippen molar-refractivity contribution in [2.24, 2.45) is 0 Å². The molecule has 1 atom stereocenters. The number of nitrogens with one attached hydrogen (secondary N) is 2. The molecular formula is C27H25N3O6. The first-order chi connectivity index (χ1) is 17.3. The summed E-state index contributed by atoms with van der Waals surface area (Å²) in [5.74, 6) is 1.06. The van der Waals surface area contributed by atoms with E-state index in [9.17, 15) is 14.4 Å². The Morgan fingerprint density at radius 2 is 1.75 bits per heavy atom. The molecule has 2 aliphatic rings. The lowest BCUT2D eigenvalue weighted by Gasteiger charge is -2.25. The minimum Gasteiger partial charge on any atom is -0.486 e. The number of hydrogen-bond donors (Lipinski definition) is 2. The lowest BCUT2D eigenvalue weighted by atomic mass is 9.91. The summed E-state index contributed by atoms with van der Waals surface area (Å²) in [5, 5.41) is 5.45. The molecule has 1 fully saturated rings. The van der Waals surface area contributed by atoms with Crippen molar-refractivity contribution >= 4 is 23.5 Å². The van der Waals surface area contributed by atoms with E-state index in [0.717, 1.165) is 10.5 Å². The number of para-hydroxylation sites is 2. The van der Waals surface area contributed by atoms with E-state index in [2.05, 4.69) is 10.6 Å². The number of rotatable bonds is 6. The molecule has 36 heavy (non-hydrogen) atoms. The van der Waals surface area contributed by atoms with Gasteiger partial charge in [-0.3, -0.25) is 14.5 Å². The summed E-state index contributed by atoms with van der Waals surface area (Å²) in [7, 11) is 0. The van der Waals surface area contributed by atoms with Crippen LogP contribution in [0, 0.1) is 6.92 Å². The Balaban J connectivity index is 1.30. The first-order valence-corrected chi connectivity index (χ1v) is 11.5. The molecule has 0 bridgehead atoms. The average Bonchev–Trinajstić information content (AvgIpc) is 3.10. The third kappa shape index (κ3) is 4.43. The predicted octanol–water partition coefficient (Wildman–Crippen LogP) is 3.96. The molecule has 3 aromatic carbocycles. The fourth-order valence-electron chi connectivity index (χ4n) is 4.12. The molecule has 9 nitrogen and oxygen atoms in total. The Kier molecular flexibility index (Phi) is 5.97. The van der Waals surface area contributed by atoms with Crippen molar-refractivity contribution in [1.82, 2.24) is 10.2 Å². The van der Waals surface area contributed by atoms with Crippen LogP contribution < -0.4 is 24.8 Å². The van der Waals surface area contributed by atoms with Crippen LogP contribution in [0.15, 0.2) is 66.7 Å². The highest BCUT2D eigenvalue weighted by atomic mass is 16.6. The first-order valence-electron chi connectivity index (χ1n) is 11.5. The van der Waals surface area contributed by atoms with Gasteiger partial charge in [0.1, 0.15) is 31.0 Å². The third-order valence-electron chi connectivity index (χ3n) is 6.11. The van der Waals surface area contributed by atoms with Gasteiger partial charge >= 0.3 is 6.03 Å². The standard InChI is InChI=1S/C27H25N3O6/c1-17-7-10-19(11-8-17)36-21-6-4-3-5-20(21)28-24(31)16-30-25(32)27(2,29-26(30)33)18-9-12-22-23(15-18)35-14-13-34-22/h3-12,15H,13-14,16H2,1-2H3,(H,28,31)(H,29,33). The second-order valence-corrected chi connectivity index (χ2v) is 8.76. The van der Waals surface area contributed by atoms with Crippen LogP contribution in [-0.2, 0) is 15.1 Å². The first kappa shape index (κ1) is 23.2. The van der Waals surface area contributed by atoms with Crippen molar-refractivity contribution < 1.29 is 28.6 Å². The number of imide groups is 1. The van der Waals surface area contributed by atoms with Crippen LogP contribution in [0.3, 0.4) is 0 Å². The molecular weight excluding hydrogens is 462 g/mol. The van der Waals surface area contributed by atoms with Gasteiger partial charge in [0.15, 0.2) is 17.2 Å². The molecule has 1 saturated heterocycles. The van der Waals surface area contributed by atoms with Crippen LogP contribution in [0.4, 0.5) is 10.5 Å². The van der Waals surface area contributed by atoms with Gasteiger partial charge in [-0.25, -0.2) is 4.79 Å². The highest BCUT2D eigenvalue weighted by molar-refractivity contribution is 6.10. The molecule has 3 aromatic rings. The van der Waals surface area contributed by atoms with Gasteiger partial charge in [-0.1, -0.05) is 35.9 Å². The summed E-state index contributed by atoms with van der Waals surface area (Å²) in [6, 6.07) is 18.9. The van der Waals surface area contributed by atoms with E-state index in [4.69, 9.17) is 14.2 Å². The normalized spacial score (nSPS) is 18.6. The Bertz CT molecular complexity index is 1340. The maximum absolute atomic E-state index is 13.3. The Hall–Kier alpha value is -4.53. The Labute approximate surface area is 208 Å². The van der Waals surface area contributed by atoms with Gasteiger partial charge in [0.05, 0.1) is 5.69 Å². The van der Waals surface area contributed by atoms with Crippen LogP contribution in [0.25, 0.3) is 0 Å².